The first-order valence-corrected chi connectivity index (χ1v) is 9.22. The molecular formula is C21H21NO4. The van der Waals surface area contributed by atoms with E-state index in [1.807, 2.05) is 37.3 Å². The molecule has 0 bridgehead atoms. The van der Waals surface area contributed by atoms with Crippen molar-refractivity contribution in [2.75, 3.05) is 4.90 Å². The average Bonchev–Trinajstić information content (AvgIpc) is 2.96. The maximum Gasteiger partial charge on any atom is 0.418 e. The highest BCUT2D eigenvalue weighted by molar-refractivity contribution is 6.06. The van der Waals surface area contributed by atoms with Crippen molar-refractivity contribution in [2.24, 2.45) is 5.92 Å². The molecule has 26 heavy (non-hydrogen) atoms. The van der Waals surface area contributed by atoms with E-state index in [0.29, 0.717) is 6.42 Å². The molecule has 1 spiro atoms. The molecule has 1 aliphatic carbocycles. The van der Waals surface area contributed by atoms with E-state index in [-0.39, 0.29) is 11.9 Å². The maximum atomic E-state index is 13.1. The van der Waals surface area contributed by atoms with Gasteiger partial charge in [-0.05, 0) is 30.7 Å². The summed E-state index contributed by atoms with van der Waals surface area (Å²) in [6, 6.07) is 12.1. The molecule has 5 rings (SSSR count). The van der Waals surface area contributed by atoms with Crippen LogP contribution in [-0.2, 0) is 14.3 Å². The van der Waals surface area contributed by atoms with Crippen LogP contribution in [0.3, 0.4) is 0 Å². The zero-order chi connectivity index (χ0) is 18.1. The third-order valence-corrected chi connectivity index (χ3v) is 6.43. The summed E-state index contributed by atoms with van der Waals surface area (Å²) in [5.41, 5.74) is 1.05. The number of amides is 1. The molecule has 2 aliphatic heterocycles. The lowest BCUT2D eigenvalue weighted by molar-refractivity contribution is -0.182. The molecule has 2 aromatic carbocycles. The minimum Gasteiger partial charge on any atom is -0.420 e. The van der Waals surface area contributed by atoms with Gasteiger partial charge in [-0.3, -0.25) is 9.69 Å². The highest BCUT2D eigenvalue weighted by Crippen LogP contribution is 2.59. The van der Waals surface area contributed by atoms with Gasteiger partial charge in [0.05, 0.1) is 11.6 Å². The van der Waals surface area contributed by atoms with Crippen LogP contribution in [0, 0.1) is 12.8 Å². The van der Waals surface area contributed by atoms with E-state index in [4.69, 9.17) is 9.47 Å². The van der Waals surface area contributed by atoms with E-state index in [1.54, 1.807) is 11.8 Å². The Bertz CT molecular complexity index is 954. The average molecular weight is 351 g/mol. The van der Waals surface area contributed by atoms with Crippen LogP contribution in [0.1, 0.15) is 38.2 Å². The highest BCUT2D eigenvalue weighted by Gasteiger charge is 2.75. The van der Waals surface area contributed by atoms with Gasteiger partial charge in [-0.2, -0.15) is 0 Å². The van der Waals surface area contributed by atoms with Crippen LogP contribution in [0.4, 0.5) is 10.5 Å². The Labute approximate surface area is 151 Å². The summed E-state index contributed by atoms with van der Waals surface area (Å²) >= 11 is 0. The second-order valence-electron chi connectivity index (χ2n) is 7.75. The first-order valence-electron chi connectivity index (χ1n) is 9.22. The topological polar surface area (TPSA) is 55.8 Å². The summed E-state index contributed by atoms with van der Waals surface area (Å²) in [5.74, 6) is -1.82. The van der Waals surface area contributed by atoms with Gasteiger partial charge in [0.1, 0.15) is 5.54 Å². The molecule has 134 valence electrons. The molecule has 5 heteroatoms. The SMILES string of the molecule is Cc1ccc2ccccc2c1N1C(=O)O[C@]2(C)OC(=O)[C@H]3CCCC[C@@]312. The van der Waals surface area contributed by atoms with Gasteiger partial charge in [-0.1, -0.05) is 49.2 Å². The summed E-state index contributed by atoms with van der Waals surface area (Å²) in [5, 5.41) is 2.05. The fourth-order valence-electron chi connectivity index (χ4n) is 5.27. The number of esters is 1. The first-order chi connectivity index (χ1) is 12.5. The van der Waals surface area contributed by atoms with Crippen molar-refractivity contribution < 1.29 is 19.1 Å². The lowest BCUT2D eigenvalue weighted by Gasteiger charge is -2.43. The zero-order valence-corrected chi connectivity index (χ0v) is 15.0. The number of anilines is 1. The zero-order valence-electron chi connectivity index (χ0n) is 15.0. The Morgan fingerprint density at radius 1 is 1.08 bits per heavy atom. The predicted molar refractivity (Wildman–Crippen MR) is 96.8 cm³/mol. The van der Waals surface area contributed by atoms with Crippen molar-refractivity contribution in [1.82, 2.24) is 0 Å². The van der Waals surface area contributed by atoms with Gasteiger partial charge >= 0.3 is 12.1 Å². The molecule has 0 N–H and O–H groups in total. The number of nitrogens with zero attached hydrogens (tertiary/aromatic N) is 1. The standard InChI is InChI=1S/C21H21NO4/c1-13-10-11-14-7-3-4-8-15(14)17(13)22-19(24)26-20(2)21(22)12-6-5-9-16(21)18(23)25-20/h3-4,7-8,10-11,16H,5-6,9,12H2,1-2H3/t16-,20+,21+/m1/s1. The summed E-state index contributed by atoms with van der Waals surface area (Å²) < 4.78 is 11.4. The number of ether oxygens (including phenoxy) is 2. The quantitative estimate of drug-likeness (QED) is 0.719. The Morgan fingerprint density at radius 2 is 1.88 bits per heavy atom. The lowest BCUT2D eigenvalue weighted by atomic mass is 9.69. The van der Waals surface area contributed by atoms with Crippen molar-refractivity contribution in [3.63, 3.8) is 0 Å². The van der Waals surface area contributed by atoms with Crippen molar-refractivity contribution in [1.29, 1.82) is 0 Å². The number of rotatable bonds is 1. The predicted octanol–water partition coefficient (Wildman–Crippen LogP) is 4.31. The van der Waals surface area contributed by atoms with E-state index in [1.165, 1.54) is 0 Å². The Morgan fingerprint density at radius 3 is 2.73 bits per heavy atom. The van der Waals surface area contributed by atoms with Crippen LogP contribution in [0.25, 0.3) is 10.8 Å². The summed E-state index contributed by atoms with van der Waals surface area (Å²) in [6.45, 7) is 3.74. The molecule has 0 radical (unpaired) electrons. The second-order valence-corrected chi connectivity index (χ2v) is 7.75. The van der Waals surface area contributed by atoms with Gasteiger partial charge in [0.15, 0.2) is 0 Å². The highest BCUT2D eigenvalue weighted by atomic mass is 16.8. The first kappa shape index (κ1) is 15.7. The van der Waals surface area contributed by atoms with Gasteiger partial charge in [-0.25, -0.2) is 4.79 Å². The van der Waals surface area contributed by atoms with E-state index in [0.717, 1.165) is 41.3 Å². The second kappa shape index (κ2) is 5.00. The van der Waals surface area contributed by atoms with Gasteiger partial charge < -0.3 is 9.47 Å². The Kier molecular flexibility index (Phi) is 3.01. The number of hydrogen-bond acceptors (Lipinski definition) is 4. The van der Waals surface area contributed by atoms with Crippen molar-refractivity contribution in [3.05, 3.63) is 42.0 Å². The van der Waals surface area contributed by atoms with Crippen LogP contribution in [0.2, 0.25) is 0 Å². The molecule has 1 amide bonds. The van der Waals surface area contributed by atoms with Crippen LogP contribution in [0.15, 0.2) is 36.4 Å². The van der Waals surface area contributed by atoms with Gasteiger partial charge in [0.2, 0.25) is 0 Å². The van der Waals surface area contributed by atoms with Crippen LogP contribution in [-0.4, -0.2) is 23.4 Å². The van der Waals surface area contributed by atoms with Crippen LogP contribution < -0.4 is 4.90 Å². The number of aryl methyl sites for hydroxylation is 1. The van der Waals surface area contributed by atoms with Crippen LogP contribution >= 0.6 is 0 Å². The fraction of sp³-hybridized carbons (Fsp3) is 0.429. The third-order valence-electron chi connectivity index (χ3n) is 6.43. The number of carbonyl (C=O) groups excluding carboxylic acids is 2. The Hall–Kier alpha value is -2.56. The van der Waals surface area contributed by atoms with E-state index < -0.39 is 17.4 Å². The van der Waals surface area contributed by atoms with Crippen molar-refractivity contribution in [2.45, 2.75) is 50.9 Å². The van der Waals surface area contributed by atoms with E-state index in [2.05, 4.69) is 6.07 Å². The molecule has 3 atom stereocenters. The van der Waals surface area contributed by atoms with Gasteiger partial charge in [0.25, 0.3) is 5.79 Å². The van der Waals surface area contributed by atoms with Gasteiger partial charge in [0, 0.05) is 12.3 Å². The lowest BCUT2D eigenvalue weighted by Crippen LogP contribution is -2.60. The molecule has 2 heterocycles. The number of hydrogen-bond donors (Lipinski definition) is 0. The van der Waals surface area contributed by atoms with Gasteiger partial charge in [-0.15, -0.1) is 0 Å². The maximum absolute atomic E-state index is 13.1. The molecule has 2 saturated heterocycles. The van der Waals surface area contributed by atoms with Crippen molar-refractivity contribution in [3.8, 4) is 0 Å². The minimum absolute atomic E-state index is 0.248. The van der Waals surface area contributed by atoms with E-state index >= 15 is 0 Å². The molecule has 0 aromatic heterocycles. The summed E-state index contributed by atoms with van der Waals surface area (Å²) in [4.78, 5) is 27.4. The summed E-state index contributed by atoms with van der Waals surface area (Å²) in [7, 11) is 0. The molecule has 3 fully saturated rings. The monoisotopic (exact) mass is 351 g/mol. The molecule has 1 saturated carbocycles. The third kappa shape index (κ3) is 1.71. The van der Waals surface area contributed by atoms with E-state index in [9.17, 15) is 9.59 Å². The van der Waals surface area contributed by atoms with Crippen LogP contribution in [0.5, 0.6) is 0 Å². The number of carbonyl (C=O) groups is 2. The smallest absolute Gasteiger partial charge is 0.418 e. The fourth-order valence-corrected chi connectivity index (χ4v) is 5.27. The molecule has 2 aromatic rings. The molecule has 3 aliphatic rings. The molecule has 5 nitrogen and oxygen atoms in total. The normalized spacial score (nSPS) is 33.0. The Balaban J connectivity index is 1.81. The largest absolute Gasteiger partial charge is 0.420 e. The number of benzene rings is 2. The minimum atomic E-state index is -1.23. The summed E-state index contributed by atoms with van der Waals surface area (Å²) in [6.07, 6.45) is 2.92. The molecule has 0 unspecified atom stereocenters. The van der Waals surface area contributed by atoms with Crippen molar-refractivity contribution >= 4 is 28.5 Å². The number of fused-ring (bicyclic) bond motifs is 1. The molecular weight excluding hydrogens is 330 g/mol.